The van der Waals surface area contributed by atoms with E-state index in [9.17, 15) is 9.59 Å². The van der Waals surface area contributed by atoms with Crippen LogP contribution in [0.3, 0.4) is 0 Å². The highest BCUT2D eigenvalue weighted by atomic mass is 32.2. The van der Waals surface area contributed by atoms with Gasteiger partial charge in [-0.2, -0.15) is 0 Å². The van der Waals surface area contributed by atoms with Gasteiger partial charge in [0.05, 0.1) is 11.5 Å². The molecule has 1 saturated carbocycles. The van der Waals surface area contributed by atoms with Gasteiger partial charge in [-0.05, 0) is 54.5 Å². The van der Waals surface area contributed by atoms with Crippen molar-refractivity contribution >= 4 is 29.3 Å². The Morgan fingerprint density at radius 1 is 1.10 bits per heavy atom. The van der Waals surface area contributed by atoms with Crippen LogP contribution in [0.2, 0.25) is 0 Å². The molecular weight excluding hydrogens is 380 g/mol. The minimum atomic E-state index is -0.0735. The standard InChI is InChI=1S/C24H30N2O2S/c1-17(2)20-9-7-19(8-10-20)14-26(22-11-12-22)24(28)16-29-15-23(27)25-21-6-4-5-18(3)13-21/h4-10,13,17,22H,11-12,14-16H2,1-3H3,(H,25,27). The lowest BCUT2D eigenvalue weighted by atomic mass is 10.0. The van der Waals surface area contributed by atoms with Gasteiger partial charge in [-0.1, -0.05) is 50.2 Å². The third kappa shape index (κ3) is 6.64. The summed E-state index contributed by atoms with van der Waals surface area (Å²) in [6.07, 6.45) is 2.16. The highest BCUT2D eigenvalue weighted by Crippen LogP contribution is 2.29. The number of nitrogens with one attached hydrogen (secondary N) is 1. The number of hydrogen-bond donors (Lipinski definition) is 1. The number of benzene rings is 2. The zero-order valence-corrected chi connectivity index (χ0v) is 18.3. The molecule has 1 aliphatic carbocycles. The molecule has 2 amide bonds. The number of hydrogen-bond acceptors (Lipinski definition) is 3. The summed E-state index contributed by atoms with van der Waals surface area (Å²) in [7, 11) is 0. The second-order valence-corrected chi connectivity index (χ2v) is 9.05. The Hall–Kier alpha value is -2.27. The van der Waals surface area contributed by atoms with Crippen LogP contribution in [-0.4, -0.2) is 34.3 Å². The maximum atomic E-state index is 12.8. The topological polar surface area (TPSA) is 49.4 Å². The Balaban J connectivity index is 1.47. The summed E-state index contributed by atoms with van der Waals surface area (Å²) in [5.74, 6) is 1.17. The highest BCUT2D eigenvalue weighted by Gasteiger charge is 2.32. The van der Waals surface area contributed by atoms with Crippen molar-refractivity contribution in [2.45, 2.75) is 52.1 Å². The molecule has 0 atom stereocenters. The van der Waals surface area contributed by atoms with Crippen molar-refractivity contribution in [2.75, 3.05) is 16.8 Å². The van der Waals surface area contributed by atoms with Crippen molar-refractivity contribution in [3.8, 4) is 0 Å². The molecule has 0 bridgehead atoms. The molecule has 0 aliphatic heterocycles. The lowest BCUT2D eigenvalue weighted by Gasteiger charge is -2.23. The average molecular weight is 411 g/mol. The molecule has 4 nitrogen and oxygen atoms in total. The number of carbonyl (C=O) groups is 2. The molecular formula is C24H30N2O2S. The first-order valence-electron chi connectivity index (χ1n) is 10.2. The second kappa shape index (κ2) is 9.97. The third-order valence-corrected chi connectivity index (χ3v) is 5.99. The first-order valence-corrected chi connectivity index (χ1v) is 11.4. The summed E-state index contributed by atoms with van der Waals surface area (Å²) in [6, 6.07) is 16.6. The maximum absolute atomic E-state index is 12.8. The molecule has 0 aromatic heterocycles. The van der Waals surface area contributed by atoms with Gasteiger partial charge >= 0.3 is 0 Å². The summed E-state index contributed by atoms with van der Waals surface area (Å²) in [5, 5.41) is 2.89. The lowest BCUT2D eigenvalue weighted by molar-refractivity contribution is -0.129. The minimum absolute atomic E-state index is 0.0735. The average Bonchev–Trinajstić information content (AvgIpc) is 3.51. The zero-order valence-electron chi connectivity index (χ0n) is 17.5. The van der Waals surface area contributed by atoms with Crippen LogP contribution < -0.4 is 5.32 Å². The Kier molecular flexibility index (Phi) is 7.37. The van der Waals surface area contributed by atoms with Gasteiger partial charge in [0.2, 0.25) is 11.8 Å². The first kappa shape index (κ1) is 21.4. The summed E-state index contributed by atoms with van der Waals surface area (Å²) in [4.78, 5) is 26.9. The number of thioether (sulfide) groups is 1. The predicted molar refractivity (Wildman–Crippen MR) is 121 cm³/mol. The lowest BCUT2D eigenvalue weighted by Crippen LogP contribution is -2.34. The van der Waals surface area contributed by atoms with E-state index in [4.69, 9.17) is 0 Å². The van der Waals surface area contributed by atoms with Crippen molar-refractivity contribution in [3.05, 3.63) is 65.2 Å². The Morgan fingerprint density at radius 3 is 2.45 bits per heavy atom. The van der Waals surface area contributed by atoms with Crippen LogP contribution in [0.15, 0.2) is 48.5 Å². The molecule has 0 radical (unpaired) electrons. The zero-order chi connectivity index (χ0) is 20.8. The van der Waals surface area contributed by atoms with E-state index >= 15 is 0 Å². The van der Waals surface area contributed by atoms with E-state index in [1.54, 1.807) is 0 Å². The van der Waals surface area contributed by atoms with Crippen molar-refractivity contribution < 1.29 is 9.59 Å². The molecule has 0 unspecified atom stereocenters. The summed E-state index contributed by atoms with van der Waals surface area (Å²) in [5.41, 5.74) is 4.38. The summed E-state index contributed by atoms with van der Waals surface area (Å²) < 4.78 is 0. The van der Waals surface area contributed by atoms with Crippen LogP contribution in [-0.2, 0) is 16.1 Å². The van der Waals surface area contributed by atoms with Crippen LogP contribution in [0.1, 0.15) is 49.3 Å². The fourth-order valence-electron chi connectivity index (χ4n) is 3.25. The van der Waals surface area contributed by atoms with Crippen LogP contribution in [0, 0.1) is 6.92 Å². The van der Waals surface area contributed by atoms with Crippen molar-refractivity contribution in [1.82, 2.24) is 4.90 Å². The van der Waals surface area contributed by atoms with Gasteiger partial charge in [0.15, 0.2) is 0 Å². The van der Waals surface area contributed by atoms with E-state index in [-0.39, 0.29) is 17.6 Å². The van der Waals surface area contributed by atoms with Gasteiger partial charge in [0, 0.05) is 18.3 Å². The molecule has 2 aromatic rings. The van der Waals surface area contributed by atoms with Gasteiger partial charge in [-0.3, -0.25) is 9.59 Å². The molecule has 0 spiro atoms. The van der Waals surface area contributed by atoms with E-state index in [0.717, 1.165) is 29.7 Å². The number of nitrogens with zero attached hydrogens (tertiary/aromatic N) is 1. The van der Waals surface area contributed by atoms with Gasteiger partial charge in [-0.15, -0.1) is 11.8 Å². The van der Waals surface area contributed by atoms with Gasteiger partial charge in [0.1, 0.15) is 0 Å². The molecule has 2 aromatic carbocycles. The molecule has 1 N–H and O–H groups in total. The molecule has 0 heterocycles. The number of rotatable bonds is 9. The highest BCUT2D eigenvalue weighted by molar-refractivity contribution is 8.00. The van der Waals surface area contributed by atoms with Crippen LogP contribution in [0.5, 0.6) is 0 Å². The minimum Gasteiger partial charge on any atom is -0.335 e. The van der Waals surface area contributed by atoms with Crippen molar-refractivity contribution in [3.63, 3.8) is 0 Å². The number of anilines is 1. The third-order valence-electron chi connectivity index (χ3n) is 5.07. The molecule has 154 valence electrons. The fraction of sp³-hybridized carbons (Fsp3) is 0.417. The second-order valence-electron chi connectivity index (χ2n) is 8.06. The van der Waals surface area contributed by atoms with E-state index in [1.165, 1.54) is 17.3 Å². The van der Waals surface area contributed by atoms with E-state index < -0.39 is 0 Å². The van der Waals surface area contributed by atoms with E-state index in [2.05, 4.69) is 43.4 Å². The summed E-state index contributed by atoms with van der Waals surface area (Å²) in [6.45, 7) is 7.01. The Bertz CT molecular complexity index is 844. The number of aryl methyl sites for hydroxylation is 1. The molecule has 3 rings (SSSR count). The van der Waals surface area contributed by atoms with Crippen LogP contribution in [0.4, 0.5) is 5.69 Å². The molecule has 29 heavy (non-hydrogen) atoms. The molecule has 0 saturated heterocycles. The Morgan fingerprint density at radius 2 is 1.83 bits per heavy atom. The monoisotopic (exact) mass is 410 g/mol. The van der Waals surface area contributed by atoms with Gasteiger partial charge < -0.3 is 10.2 Å². The molecule has 1 aliphatic rings. The van der Waals surface area contributed by atoms with Crippen LogP contribution in [0.25, 0.3) is 0 Å². The fourth-order valence-corrected chi connectivity index (χ4v) is 3.95. The Labute approximate surface area is 178 Å². The first-order chi connectivity index (χ1) is 13.9. The van der Waals surface area contributed by atoms with Crippen molar-refractivity contribution in [1.29, 1.82) is 0 Å². The van der Waals surface area contributed by atoms with Gasteiger partial charge in [-0.25, -0.2) is 0 Å². The number of carbonyl (C=O) groups excluding carboxylic acids is 2. The smallest absolute Gasteiger partial charge is 0.234 e. The van der Waals surface area contributed by atoms with Crippen molar-refractivity contribution in [2.24, 2.45) is 0 Å². The van der Waals surface area contributed by atoms with E-state index in [1.807, 2.05) is 36.1 Å². The number of amides is 2. The maximum Gasteiger partial charge on any atom is 0.234 e. The molecule has 1 fully saturated rings. The normalized spacial score (nSPS) is 13.4. The SMILES string of the molecule is Cc1cccc(NC(=O)CSCC(=O)N(Cc2ccc(C(C)C)cc2)C2CC2)c1. The van der Waals surface area contributed by atoms with Gasteiger partial charge in [0.25, 0.3) is 0 Å². The quantitative estimate of drug-likeness (QED) is 0.634. The summed E-state index contributed by atoms with van der Waals surface area (Å²) >= 11 is 1.38. The van der Waals surface area contributed by atoms with E-state index in [0.29, 0.717) is 24.3 Å². The molecule has 5 heteroatoms. The van der Waals surface area contributed by atoms with Crippen LogP contribution >= 0.6 is 11.8 Å². The largest absolute Gasteiger partial charge is 0.335 e. The predicted octanol–water partition coefficient (Wildman–Crippen LogP) is 4.98.